The molecule has 0 saturated carbocycles. The van der Waals surface area contributed by atoms with E-state index in [-0.39, 0.29) is 56.7 Å². The van der Waals surface area contributed by atoms with Gasteiger partial charge in [-0.25, -0.2) is 4.79 Å². The van der Waals surface area contributed by atoms with Crippen molar-refractivity contribution in [1.82, 2.24) is 0 Å². The molecular weight excluding hydrogens is 443 g/mol. The van der Waals surface area contributed by atoms with E-state index in [9.17, 15) is 19.2 Å². The predicted molar refractivity (Wildman–Crippen MR) is 109 cm³/mol. The number of amides is 3. The molecule has 0 radical (unpaired) electrons. The van der Waals surface area contributed by atoms with Crippen LogP contribution in [0.1, 0.15) is 23.2 Å². The molecule has 7 nitrogen and oxygen atoms in total. The number of hydrogen-bond donors (Lipinski definition) is 1. The summed E-state index contributed by atoms with van der Waals surface area (Å²) >= 11 is 17.7. The highest BCUT2D eigenvalue weighted by molar-refractivity contribution is 6.44. The maximum atomic E-state index is 12.2. The number of nitrogens with one attached hydrogen (secondary N) is 1. The second-order valence-corrected chi connectivity index (χ2v) is 7.27. The van der Waals surface area contributed by atoms with Crippen LogP contribution in [0.2, 0.25) is 15.1 Å². The number of carbonyl (C=O) groups excluding carboxylic acids is 4. The van der Waals surface area contributed by atoms with Crippen LogP contribution in [0.3, 0.4) is 0 Å². The third-order valence-electron chi connectivity index (χ3n) is 4.01. The zero-order chi connectivity index (χ0) is 21.1. The molecule has 0 unspecified atom stereocenters. The lowest BCUT2D eigenvalue weighted by Gasteiger charge is -2.14. The van der Waals surface area contributed by atoms with Crippen molar-refractivity contribution in [3.63, 3.8) is 0 Å². The molecule has 1 fully saturated rings. The molecule has 3 amide bonds. The van der Waals surface area contributed by atoms with Gasteiger partial charge in [-0.05, 0) is 30.3 Å². The van der Waals surface area contributed by atoms with Gasteiger partial charge in [-0.2, -0.15) is 0 Å². The van der Waals surface area contributed by atoms with E-state index in [0.29, 0.717) is 0 Å². The second-order valence-electron chi connectivity index (χ2n) is 6.04. The standard InChI is InChI=1S/C19H13Cl3N2O5/c20-12-7-14(22)15(8-13(12)21)23-16(25)9-29-19(28)10-2-1-3-11(6-10)24-17(26)4-5-18(24)27/h1-3,6-8H,4-5,9H2,(H,23,25). The van der Waals surface area contributed by atoms with Crippen LogP contribution in [-0.2, 0) is 19.1 Å². The van der Waals surface area contributed by atoms with E-state index in [1.54, 1.807) is 0 Å². The van der Waals surface area contributed by atoms with Crippen molar-refractivity contribution in [3.8, 4) is 0 Å². The van der Waals surface area contributed by atoms with Crippen LogP contribution in [0.4, 0.5) is 11.4 Å². The number of halogens is 3. The first kappa shape index (κ1) is 21.1. The molecule has 2 aromatic rings. The Balaban J connectivity index is 1.63. The molecule has 2 aromatic carbocycles. The Morgan fingerprint density at radius 3 is 2.31 bits per heavy atom. The van der Waals surface area contributed by atoms with E-state index < -0.39 is 18.5 Å². The van der Waals surface area contributed by atoms with Crippen molar-refractivity contribution < 1.29 is 23.9 Å². The number of imide groups is 1. The van der Waals surface area contributed by atoms with Crippen molar-refractivity contribution in [2.75, 3.05) is 16.8 Å². The van der Waals surface area contributed by atoms with Crippen LogP contribution >= 0.6 is 34.8 Å². The third-order valence-corrected chi connectivity index (χ3v) is 5.04. The van der Waals surface area contributed by atoms with Gasteiger partial charge in [0.1, 0.15) is 0 Å². The Labute approximate surface area is 180 Å². The number of esters is 1. The lowest BCUT2D eigenvalue weighted by Crippen LogP contribution is -2.28. The van der Waals surface area contributed by atoms with Gasteiger partial charge < -0.3 is 10.1 Å². The van der Waals surface area contributed by atoms with Crippen molar-refractivity contribution in [2.45, 2.75) is 12.8 Å². The maximum Gasteiger partial charge on any atom is 0.338 e. The van der Waals surface area contributed by atoms with E-state index in [1.165, 1.54) is 36.4 Å². The number of anilines is 2. The molecule has 0 aromatic heterocycles. The van der Waals surface area contributed by atoms with Crippen molar-refractivity contribution in [2.24, 2.45) is 0 Å². The zero-order valence-corrected chi connectivity index (χ0v) is 17.0. The summed E-state index contributed by atoms with van der Waals surface area (Å²) < 4.78 is 4.99. The Hall–Kier alpha value is -2.61. The average Bonchev–Trinajstić information content (AvgIpc) is 3.02. The molecule has 0 spiro atoms. The molecule has 29 heavy (non-hydrogen) atoms. The average molecular weight is 456 g/mol. The first-order valence-corrected chi connectivity index (χ1v) is 9.47. The summed E-state index contributed by atoms with van der Waals surface area (Å²) in [6.45, 7) is -0.582. The van der Waals surface area contributed by atoms with E-state index >= 15 is 0 Å². The van der Waals surface area contributed by atoms with E-state index in [1.807, 2.05) is 0 Å². The van der Waals surface area contributed by atoms with Gasteiger partial charge in [0.25, 0.3) is 5.91 Å². The molecule has 1 aliphatic rings. The van der Waals surface area contributed by atoms with Gasteiger partial charge in [-0.3, -0.25) is 19.3 Å². The first-order valence-electron chi connectivity index (χ1n) is 8.33. The summed E-state index contributed by atoms with van der Waals surface area (Å²) in [4.78, 5) is 49.0. The third kappa shape index (κ3) is 4.87. The number of benzene rings is 2. The second kappa shape index (κ2) is 8.82. The minimum atomic E-state index is -0.790. The van der Waals surface area contributed by atoms with Crippen molar-refractivity contribution >= 4 is 69.9 Å². The van der Waals surface area contributed by atoms with Crippen LogP contribution < -0.4 is 10.2 Å². The topological polar surface area (TPSA) is 92.8 Å². The Morgan fingerprint density at radius 2 is 1.62 bits per heavy atom. The Kier molecular flexibility index (Phi) is 6.42. The molecule has 1 aliphatic heterocycles. The molecule has 0 atom stereocenters. The van der Waals surface area contributed by atoms with Gasteiger partial charge in [-0.1, -0.05) is 40.9 Å². The van der Waals surface area contributed by atoms with Gasteiger partial charge in [0, 0.05) is 12.8 Å². The molecular formula is C19H13Cl3N2O5. The van der Waals surface area contributed by atoms with E-state index in [2.05, 4.69) is 5.32 Å². The minimum Gasteiger partial charge on any atom is -0.452 e. The largest absolute Gasteiger partial charge is 0.452 e. The molecule has 3 rings (SSSR count). The SMILES string of the molecule is O=C(COC(=O)c1cccc(N2C(=O)CCC2=O)c1)Nc1cc(Cl)c(Cl)cc1Cl. The van der Waals surface area contributed by atoms with Gasteiger partial charge >= 0.3 is 5.97 Å². The van der Waals surface area contributed by atoms with Crippen LogP contribution in [-0.4, -0.2) is 30.3 Å². The summed E-state index contributed by atoms with van der Waals surface area (Å²) in [5, 5.41) is 3.07. The normalized spacial score (nSPS) is 13.6. The van der Waals surface area contributed by atoms with Gasteiger partial charge in [0.15, 0.2) is 6.61 Å². The van der Waals surface area contributed by atoms with Crippen molar-refractivity contribution in [1.29, 1.82) is 0 Å². The van der Waals surface area contributed by atoms with Gasteiger partial charge in [0.2, 0.25) is 11.8 Å². The highest BCUT2D eigenvalue weighted by Crippen LogP contribution is 2.32. The van der Waals surface area contributed by atoms with Gasteiger partial charge in [-0.15, -0.1) is 0 Å². The number of ether oxygens (including phenoxy) is 1. The summed E-state index contributed by atoms with van der Waals surface area (Å²) in [5.41, 5.74) is 0.588. The zero-order valence-electron chi connectivity index (χ0n) is 14.7. The molecule has 150 valence electrons. The summed E-state index contributed by atoms with van der Waals surface area (Å²) in [7, 11) is 0. The van der Waals surface area contributed by atoms with Crippen molar-refractivity contribution in [3.05, 3.63) is 57.0 Å². The lowest BCUT2D eigenvalue weighted by atomic mass is 10.2. The Morgan fingerprint density at radius 1 is 0.966 bits per heavy atom. The van der Waals surface area contributed by atoms with Crippen LogP contribution in [0, 0.1) is 0 Å². The number of nitrogens with zero attached hydrogens (tertiary/aromatic N) is 1. The van der Waals surface area contributed by atoms with Gasteiger partial charge in [0.05, 0.1) is 32.0 Å². The predicted octanol–water partition coefficient (Wildman–Crippen LogP) is 4.10. The quantitative estimate of drug-likeness (QED) is 0.416. The van der Waals surface area contributed by atoms with E-state index in [4.69, 9.17) is 39.5 Å². The monoisotopic (exact) mass is 454 g/mol. The highest BCUT2D eigenvalue weighted by atomic mass is 35.5. The minimum absolute atomic E-state index is 0.0929. The molecule has 10 heteroatoms. The highest BCUT2D eigenvalue weighted by Gasteiger charge is 2.30. The molecule has 1 heterocycles. The number of hydrogen-bond acceptors (Lipinski definition) is 5. The summed E-state index contributed by atoms with van der Waals surface area (Å²) in [6.07, 6.45) is 0.260. The fraction of sp³-hybridized carbons (Fsp3) is 0.158. The summed E-state index contributed by atoms with van der Waals surface area (Å²) in [5.74, 6) is -2.10. The smallest absolute Gasteiger partial charge is 0.338 e. The van der Waals surface area contributed by atoms with Crippen LogP contribution in [0.25, 0.3) is 0 Å². The molecule has 0 aliphatic carbocycles. The Bertz CT molecular complexity index is 1010. The lowest BCUT2D eigenvalue weighted by molar-refractivity contribution is -0.121. The molecule has 1 N–H and O–H groups in total. The van der Waals surface area contributed by atoms with E-state index in [0.717, 1.165) is 4.90 Å². The fourth-order valence-electron chi connectivity index (χ4n) is 2.66. The summed E-state index contributed by atoms with van der Waals surface area (Å²) in [6, 6.07) is 8.61. The maximum absolute atomic E-state index is 12.2. The molecule has 0 bridgehead atoms. The molecule has 1 saturated heterocycles. The van der Waals surface area contributed by atoms with Crippen LogP contribution in [0.15, 0.2) is 36.4 Å². The first-order chi connectivity index (χ1) is 13.8. The number of carbonyl (C=O) groups is 4. The number of rotatable bonds is 5. The van der Waals surface area contributed by atoms with Crippen LogP contribution in [0.5, 0.6) is 0 Å². The fourth-order valence-corrected chi connectivity index (χ4v) is 3.25.